The topological polar surface area (TPSA) is 97.2 Å². The standard InChI is InChI=1S/C26H33N7O2/c1-5-9-24(34)35-15-13-22-27-14-12-23(30-22)32-16-18(2)33(19(3)17-32)26-29-20(4)28-25(31-26)21-10-7-6-8-11-21/h6-8,10-12,14,18-19H,5,9,13,15-17H2,1-4H3/t18-,19+. The summed E-state index contributed by atoms with van der Waals surface area (Å²) in [6.45, 7) is 10.1. The van der Waals surface area contributed by atoms with E-state index in [1.807, 2.05) is 50.2 Å². The zero-order chi connectivity index (χ0) is 24.8. The Balaban J connectivity index is 1.46. The average molecular weight is 476 g/mol. The van der Waals surface area contributed by atoms with Crippen LogP contribution in [0.3, 0.4) is 0 Å². The molecule has 9 heteroatoms. The molecule has 1 saturated heterocycles. The largest absolute Gasteiger partial charge is 0.465 e. The van der Waals surface area contributed by atoms with Crippen molar-refractivity contribution in [3.8, 4) is 11.4 Å². The van der Waals surface area contributed by atoms with Crippen LogP contribution >= 0.6 is 0 Å². The first kappa shape index (κ1) is 24.5. The van der Waals surface area contributed by atoms with Crippen molar-refractivity contribution in [3.63, 3.8) is 0 Å². The van der Waals surface area contributed by atoms with E-state index in [0.717, 1.165) is 30.9 Å². The summed E-state index contributed by atoms with van der Waals surface area (Å²) in [6, 6.07) is 12.3. The minimum atomic E-state index is -0.175. The number of carbonyl (C=O) groups is 1. The Labute approximate surface area is 206 Å². The zero-order valence-corrected chi connectivity index (χ0v) is 20.9. The highest BCUT2D eigenvalue weighted by Crippen LogP contribution is 2.26. The summed E-state index contributed by atoms with van der Waals surface area (Å²) in [4.78, 5) is 39.3. The molecule has 4 rings (SSSR count). The third-order valence-electron chi connectivity index (χ3n) is 5.97. The molecule has 3 aromatic rings. The Morgan fingerprint density at radius 1 is 1.03 bits per heavy atom. The van der Waals surface area contributed by atoms with Crippen LogP contribution in [0, 0.1) is 6.92 Å². The van der Waals surface area contributed by atoms with Crippen molar-refractivity contribution >= 4 is 17.7 Å². The van der Waals surface area contributed by atoms with Gasteiger partial charge < -0.3 is 14.5 Å². The van der Waals surface area contributed by atoms with Gasteiger partial charge in [-0.15, -0.1) is 0 Å². The SMILES string of the molecule is CCCC(=O)OCCc1nccc(N2C[C@@H](C)N(c3nc(C)nc(-c4ccccc4)n3)[C@@H](C)C2)n1. The van der Waals surface area contributed by atoms with Crippen LogP contribution in [0.15, 0.2) is 42.6 Å². The van der Waals surface area contributed by atoms with Crippen LogP contribution < -0.4 is 9.80 Å². The highest BCUT2D eigenvalue weighted by Gasteiger charge is 2.32. The fraction of sp³-hybridized carbons (Fsp3) is 0.462. The number of carbonyl (C=O) groups excluding carboxylic acids is 1. The highest BCUT2D eigenvalue weighted by molar-refractivity contribution is 5.69. The van der Waals surface area contributed by atoms with Gasteiger partial charge in [0.05, 0.1) is 6.61 Å². The summed E-state index contributed by atoms with van der Waals surface area (Å²) in [7, 11) is 0. The molecular weight excluding hydrogens is 442 g/mol. The fourth-order valence-corrected chi connectivity index (χ4v) is 4.42. The van der Waals surface area contributed by atoms with Crippen molar-refractivity contribution in [1.82, 2.24) is 24.9 Å². The van der Waals surface area contributed by atoms with Gasteiger partial charge in [-0.3, -0.25) is 4.79 Å². The maximum atomic E-state index is 11.6. The number of hydrogen-bond acceptors (Lipinski definition) is 9. The molecule has 0 radical (unpaired) electrons. The number of benzene rings is 1. The van der Waals surface area contributed by atoms with Gasteiger partial charge in [0.1, 0.15) is 17.5 Å². The number of aromatic nitrogens is 5. The van der Waals surface area contributed by atoms with Crippen molar-refractivity contribution < 1.29 is 9.53 Å². The van der Waals surface area contributed by atoms with E-state index in [9.17, 15) is 4.79 Å². The Kier molecular flexibility index (Phi) is 7.84. The number of anilines is 2. The molecule has 0 bridgehead atoms. The molecule has 1 fully saturated rings. The molecule has 3 heterocycles. The molecule has 0 spiro atoms. The van der Waals surface area contributed by atoms with Gasteiger partial charge >= 0.3 is 5.97 Å². The van der Waals surface area contributed by atoms with Crippen LogP contribution in [-0.4, -0.2) is 62.7 Å². The van der Waals surface area contributed by atoms with Gasteiger partial charge in [-0.25, -0.2) is 15.0 Å². The lowest BCUT2D eigenvalue weighted by molar-refractivity contribution is -0.143. The number of rotatable bonds is 8. The van der Waals surface area contributed by atoms with Crippen molar-refractivity contribution in [2.75, 3.05) is 29.5 Å². The highest BCUT2D eigenvalue weighted by atomic mass is 16.5. The normalized spacial score (nSPS) is 17.9. The first-order valence-electron chi connectivity index (χ1n) is 12.2. The molecule has 9 nitrogen and oxygen atoms in total. The predicted molar refractivity (Wildman–Crippen MR) is 135 cm³/mol. The second kappa shape index (κ2) is 11.2. The van der Waals surface area contributed by atoms with Crippen molar-refractivity contribution in [2.24, 2.45) is 0 Å². The quantitative estimate of drug-likeness (QED) is 0.452. The first-order chi connectivity index (χ1) is 16.9. The van der Waals surface area contributed by atoms with E-state index >= 15 is 0 Å². The summed E-state index contributed by atoms with van der Waals surface area (Å²) < 4.78 is 5.26. The van der Waals surface area contributed by atoms with Crippen LogP contribution in [0.2, 0.25) is 0 Å². The lowest BCUT2D eigenvalue weighted by atomic mass is 10.1. The smallest absolute Gasteiger partial charge is 0.305 e. The number of hydrogen-bond donors (Lipinski definition) is 0. The molecule has 0 aliphatic carbocycles. The third kappa shape index (κ3) is 6.09. The molecule has 35 heavy (non-hydrogen) atoms. The monoisotopic (exact) mass is 475 g/mol. The van der Waals surface area contributed by atoms with Crippen LogP contribution in [0.1, 0.15) is 45.3 Å². The summed E-state index contributed by atoms with van der Waals surface area (Å²) in [6.07, 6.45) is 3.49. The van der Waals surface area contributed by atoms with E-state index in [2.05, 4.69) is 38.6 Å². The number of ether oxygens (including phenoxy) is 1. The van der Waals surface area contributed by atoms with Crippen LogP contribution in [-0.2, 0) is 16.0 Å². The molecule has 0 N–H and O–H groups in total. The molecule has 1 aliphatic rings. The predicted octanol–water partition coefficient (Wildman–Crippen LogP) is 3.63. The van der Waals surface area contributed by atoms with Crippen molar-refractivity contribution in [3.05, 3.63) is 54.2 Å². The molecule has 0 unspecified atom stereocenters. The molecule has 0 saturated carbocycles. The van der Waals surface area contributed by atoms with E-state index < -0.39 is 0 Å². The second-order valence-electron chi connectivity index (χ2n) is 8.93. The lowest BCUT2D eigenvalue weighted by Crippen LogP contribution is -2.58. The van der Waals surface area contributed by atoms with Crippen LogP contribution in [0.4, 0.5) is 11.8 Å². The van der Waals surface area contributed by atoms with Crippen molar-refractivity contribution in [1.29, 1.82) is 0 Å². The lowest BCUT2D eigenvalue weighted by Gasteiger charge is -2.45. The molecule has 2 atom stereocenters. The number of aryl methyl sites for hydroxylation is 1. The third-order valence-corrected chi connectivity index (χ3v) is 5.97. The first-order valence-corrected chi connectivity index (χ1v) is 12.2. The number of piperazine rings is 1. The zero-order valence-electron chi connectivity index (χ0n) is 20.9. The van der Waals surface area contributed by atoms with Crippen LogP contribution in [0.25, 0.3) is 11.4 Å². The minimum Gasteiger partial charge on any atom is -0.465 e. The number of esters is 1. The molecule has 0 amide bonds. The Morgan fingerprint density at radius 3 is 2.49 bits per heavy atom. The van der Waals surface area contributed by atoms with E-state index in [-0.39, 0.29) is 18.1 Å². The average Bonchev–Trinajstić information content (AvgIpc) is 2.84. The van der Waals surface area contributed by atoms with Gasteiger partial charge in [-0.2, -0.15) is 9.97 Å². The van der Waals surface area contributed by atoms with Crippen molar-refractivity contribution in [2.45, 2.75) is 59.0 Å². The molecule has 1 aliphatic heterocycles. The Hall–Kier alpha value is -3.62. The van der Waals surface area contributed by atoms with E-state index in [4.69, 9.17) is 14.7 Å². The van der Waals surface area contributed by atoms with Gasteiger partial charge in [0.15, 0.2) is 5.82 Å². The van der Waals surface area contributed by atoms with Gasteiger partial charge in [0.2, 0.25) is 5.95 Å². The summed E-state index contributed by atoms with van der Waals surface area (Å²) in [5.41, 5.74) is 0.979. The fourth-order valence-electron chi connectivity index (χ4n) is 4.42. The summed E-state index contributed by atoms with van der Waals surface area (Å²) in [5, 5.41) is 0. The van der Waals surface area contributed by atoms with E-state index in [1.54, 1.807) is 6.20 Å². The van der Waals surface area contributed by atoms with Gasteiger partial charge in [-0.05, 0) is 33.3 Å². The van der Waals surface area contributed by atoms with Gasteiger partial charge in [-0.1, -0.05) is 37.3 Å². The maximum absolute atomic E-state index is 11.6. The molecule has 2 aromatic heterocycles. The van der Waals surface area contributed by atoms with Crippen LogP contribution in [0.5, 0.6) is 0 Å². The van der Waals surface area contributed by atoms with E-state index in [1.165, 1.54) is 0 Å². The molecular formula is C26H33N7O2. The molecule has 1 aromatic carbocycles. The Morgan fingerprint density at radius 2 is 1.77 bits per heavy atom. The maximum Gasteiger partial charge on any atom is 0.305 e. The summed E-state index contributed by atoms with van der Waals surface area (Å²) >= 11 is 0. The minimum absolute atomic E-state index is 0.164. The number of nitrogens with zero attached hydrogens (tertiary/aromatic N) is 7. The summed E-state index contributed by atoms with van der Waals surface area (Å²) in [5.74, 6) is 3.48. The Bertz CT molecular complexity index is 1130. The van der Waals surface area contributed by atoms with Gasteiger partial charge in [0, 0.05) is 49.8 Å². The molecule has 184 valence electrons. The van der Waals surface area contributed by atoms with Gasteiger partial charge in [0.25, 0.3) is 0 Å². The second-order valence-corrected chi connectivity index (χ2v) is 8.93. The van der Waals surface area contributed by atoms with E-state index in [0.29, 0.717) is 42.9 Å².